The molecule has 2 N–H and O–H groups in total. The number of carbonyl (C=O) groups excluding carboxylic acids is 1. The summed E-state index contributed by atoms with van der Waals surface area (Å²) < 4.78 is 6.39. The molecule has 3 atom stereocenters. The van der Waals surface area contributed by atoms with E-state index in [4.69, 9.17) is 4.74 Å². The number of fused-ring (bicyclic) bond motifs is 1. The van der Waals surface area contributed by atoms with Gasteiger partial charge in [-0.3, -0.25) is 4.79 Å². The highest BCUT2D eigenvalue weighted by Crippen LogP contribution is 2.46. The molecule has 0 spiro atoms. The molecule has 1 amide bonds. The van der Waals surface area contributed by atoms with Gasteiger partial charge >= 0.3 is 5.97 Å². The largest absolute Gasteiger partial charge is 0.477 e. The third kappa shape index (κ3) is 3.13. The van der Waals surface area contributed by atoms with Crippen LogP contribution in [0, 0.1) is 5.92 Å². The van der Waals surface area contributed by atoms with Gasteiger partial charge in [0.1, 0.15) is 25.3 Å². The van der Waals surface area contributed by atoms with Gasteiger partial charge in [-0.25, -0.2) is 4.79 Å². The average molecular weight is 387 g/mol. The molecule has 3 heterocycles. The molecule has 0 unspecified atom stereocenters. The number of carboxylic acids is 1. The third-order valence-electron chi connectivity index (χ3n) is 6.35. The summed E-state index contributed by atoms with van der Waals surface area (Å²) in [4.78, 5) is 25.5. The van der Waals surface area contributed by atoms with Gasteiger partial charge in [-0.15, -0.1) is 0 Å². The summed E-state index contributed by atoms with van der Waals surface area (Å²) in [6, 6.07) is 7.74. The highest BCUT2D eigenvalue weighted by atomic mass is 16.5. The average Bonchev–Trinajstić information content (AvgIpc) is 2.97. The predicted molar refractivity (Wildman–Crippen MR) is 102 cm³/mol. The van der Waals surface area contributed by atoms with Crippen molar-refractivity contribution in [1.82, 2.24) is 4.90 Å². The lowest BCUT2D eigenvalue weighted by Gasteiger charge is -2.44. The van der Waals surface area contributed by atoms with Gasteiger partial charge in [0.25, 0.3) is 0 Å². The van der Waals surface area contributed by atoms with Crippen LogP contribution in [-0.2, 0) is 20.9 Å². The Morgan fingerprint density at radius 1 is 1.29 bits per heavy atom. The fraction of sp³-hybridized carbons (Fsp3) is 0.524. The number of benzene rings is 1. The Morgan fingerprint density at radius 2 is 1.93 bits per heavy atom. The lowest BCUT2D eigenvalue weighted by Crippen LogP contribution is -2.61. The van der Waals surface area contributed by atoms with E-state index in [-0.39, 0.29) is 17.6 Å². The van der Waals surface area contributed by atoms with Gasteiger partial charge in [-0.05, 0) is 24.5 Å². The van der Waals surface area contributed by atoms with Crippen molar-refractivity contribution in [3.05, 3.63) is 41.1 Å². The number of rotatable bonds is 5. The van der Waals surface area contributed by atoms with Gasteiger partial charge in [0.2, 0.25) is 5.91 Å². The summed E-state index contributed by atoms with van der Waals surface area (Å²) in [6.45, 7) is 6.01. The molecule has 1 aromatic carbocycles. The second-order valence-electron chi connectivity index (χ2n) is 8.41. The maximum atomic E-state index is 12.3. The number of morpholine rings is 1. The van der Waals surface area contributed by atoms with E-state index in [0.717, 1.165) is 42.9 Å². The molecule has 0 bridgehead atoms. The SMILES string of the molecule is C[C@@H](O)[C@H]1C(=O)N2C(C(=O)O)=C(c3ccc(C[N+]4(C)CCOCC4)cc3)C[C@H]12. The van der Waals surface area contributed by atoms with Crippen LogP contribution < -0.4 is 0 Å². The number of aliphatic hydroxyl groups is 1. The number of hydrogen-bond acceptors (Lipinski definition) is 4. The number of aliphatic hydroxyl groups excluding tert-OH is 1. The van der Waals surface area contributed by atoms with Crippen LogP contribution in [0.3, 0.4) is 0 Å². The first kappa shape index (κ1) is 19.1. The van der Waals surface area contributed by atoms with Crippen molar-refractivity contribution in [2.24, 2.45) is 5.92 Å². The molecule has 0 aliphatic carbocycles. The van der Waals surface area contributed by atoms with Gasteiger partial charge in [0.15, 0.2) is 0 Å². The number of hydrogen-bond donors (Lipinski definition) is 2. The summed E-state index contributed by atoms with van der Waals surface area (Å²) in [6.07, 6.45) is -0.309. The standard InChI is InChI=1S/C21H26N2O5/c1-13(24)18-17-11-16(19(21(26)27)22(17)20(18)25)15-5-3-14(4-6-15)12-23(2)7-9-28-10-8-23/h3-6,13,17-18,24H,7-12H2,1-2H3/p+1/t13-,17-,18-/m1/s1. The molecule has 150 valence electrons. The maximum absolute atomic E-state index is 12.3. The number of quaternary nitrogens is 1. The van der Waals surface area contributed by atoms with E-state index in [9.17, 15) is 19.8 Å². The number of carboxylic acid groups (broad SMARTS) is 1. The Labute approximate surface area is 164 Å². The molecule has 4 rings (SSSR count). The molecule has 0 radical (unpaired) electrons. The Morgan fingerprint density at radius 3 is 2.50 bits per heavy atom. The number of amides is 1. The topological polar surface area (TPSA) is 87.1 Å². The lowest BCUT2D eigenvalue weighted by atomic mass is 9.82. The van der Waals surface area contributed by atoms with E-state index < -0.39 is 18.0 Å². The predicted octanol–water partition coefficient (Wildman–Crippen LogP) is 1.07. The van der Waals surface area contributed by atoms with E-state index >= 15 is 0 Å². The zero-order valence-electron chi connectivity index (χ0n) is 16.3. The number of likely N-dealkylation sites (N-methyl/N-ethyl adjacent to an activating group) is 1. The van der Waals surface area contributed by atoms with Crippen LogP contribution in [0.15, 0.2) is 30.0 Å². The monoisotopic (exact) mass is 387 g/mol. The Bertz CT molecular complexity index is 824. The smallest absolute Gasteiger partial charge is 0.352 e. The van der Waals surface area contributed by atoms with E-state index in [1.54, 1.807) is 6.92 Å². The van der Waals surface area contributed by atoms with Crippen molar-refractivity contribution in [3.63, 3.8) is 0 Å². The number of β-lactam (4-membered cyclic amide) rings is 1. The Kier molecular flexibility index (Phi) is 4.77. The van der Waals surface area contributed by atoms with Crippen molar-refractivity contribution < 1.29 is 29.0 Å². The highest BCUT2D eigenvalue weighted by molar-refractivity contribution is 6.06. The van der Waals surface area contributed by atoms with Crippen molar-refractivity contribution in [3.8, 4) is 0 Å². The van der Waals surface area contributed by atoms with Gasteiger partial charge in [-0.2, -0.15) is 0 Å². The van der Waals surface area contributed by atoms with Crippen molar-refractivity contribution in [2.45, 2.75) is 32.0 Å². The fourth-order valence-corrected chi connectivity index (χ4v) is 4.72. The van der Waals surface area contributed by atoms with Crippen LogP contribution in [0.1, 0.15) is 24.5 Å². The zero-order valence-corrected chi connectivity index (χ0v) is 16.3. The minimum Gasteiger partial charge on any atom is -0.477 e. The minimum absolute atomic E-state index is 0.0619. The molecule has 0 saturated carbocycles. The van der Waals surface area contributed by atoms with E-state index in [0.29, 0.717) is 12.0 Å². The molecule has 7 nitrogen and oxygen atoms in total. The molecule has 3 aliphatic heterocycles. The normalized spacial score (nSPS) is 27.4. The first-order chi connectivity index (χ1) is 13.3. The van der Waals surface area contributed by atoms with Gasteiger partial charge in [-0.1, -0.05) is 24.3 Å². The molecular formula is C21H27N2O5+. The summed E-state index contributed by atoms with van der Waals surface area (Å²) in [5.41, 5.74) is 2.77. The quantitative estimate of drug-likeness (QED) is 0.583. The first-order valence-electron chi connectivity index (χ1n) is 9.79. The second-order valence-corrected chi connectivity index (χ2v) is 8.41. The number of ether oxygens (including phenoxy) is 1. The molecule has 28 heavy (non-hydrogen) atoms. The van der Waals surface area contributed by atoms with Gasteiger partial charge in [0, 0.05) is 5.56 Å². The number of carbonyl (C=O) groups is 2. The van der Waals surface area contributed by atoms with Crippen molar-refractivity contribution in [1.29, 1.82) is 0 Å². The molecule has 1 aromatic rings. The van der Waals surface area contributed by atoms with E-state index in [1.807, 2.05) is 24.3 Å². The summed E-state index contributed by atoms with van der Waals surface area (Å²) >= 11 is 0. The molecule has 2 saturated heterocycles. The minimum atomic E-state index is -1.09. The zero-order chi connectivity index (χ0) is 20.1. The van der Waals surface area contributed by atoms with E-state index in [1.165, 1.54) is 10.5 Å². The molecular weight excluding hydrogens is 360 g/mol. The van der Waals surface area contributed by atoms with Crippen molar-refractivity contribution in [2.75, 3.05) is 33.4 Å². The maximum Gasteiger partial charge on any atom is 0.352 e. The van der Waals surface area contributed by atoms with Gasteiger partial charge < -0.3 is 24.3 Å². The summed E-state index contributed by atoms with van der Waals surface area (Å²) in [5.74, 6) is -1.91. The first-order valence-corrected chi connectivity index (χ1v) is 9.79. The van der Waals surface area contributed by atoms with E-state index in [2.05, 4.69) is 7.05 Å². The molecule has 7 heteroatoms. The summed E-state index contributed by atoms with van der Waals surface area (Å²) in [7, 11) is 2.23. The molecule has 2 fully saturated rings. The lowest BCUT2D eigenvalue weighted by molar-refractivity contribution is -0.929. The Balaban J connectivity index is 1.57. The second kappa shape index (κ2) is 6.99. The number of nitrogens with zero attached hydrogens (tertiary/aromatic N) is 2. The molecule has 3 aliphatic rings. The van der Waals surface area contributed by atoms with Crippen LogP contribution >= 0.6 is 0 Å². The van der Waals surface area contributed by atoms with Crippen LogP contribution in [0.25, 0.3) is 5.57 Å². The van der Waals surface area contributed by atoms with Gasteiger partial charge in [0.05, 0.1) is 38.3 Å². The summed E-state index contributed by atoms with van der Waals surface area (Å²) in [5, 5.41) is 19.5. The van der Waals surface area contributed by atoms with Crippen LogP contribution in [0.5, 0.6) is 0 Å². The van der Waals surface area contributed by atoms with Crippen LogP contribution in [0.2, 0.25) is 0 Å². The molecule has 0 aromatic heterocycles. The van der Waals surface area contributed by atoms with Crippen molar-refractivity contribution >= 4 is 17.4 Å². The highest BCUT2D eigenvalue weighted by Gasteiger charge is 2.56. The van der Waals surface area contributed by atoms with Crippen LogP contribution in [0.4, 0.5) is 0 Å². The number of aliphatic carboxylic acids is 1. The van der Waals surface area contributed by atoms with Crippen LogP contribution in [-0.4, -0.2) is 77.0 Å². The Hall–Kier alpha value is -2.22. The fourth-order valence-electron chi connectivity index (χ4n) is 4.72. The third-order valence-corrected chi connectivity index (χ3v) is 6.35.